The van der Waals surface area contributed by atoms with Gasteiger partial charge in [-0.15, -0.1) is 10.2 Å². The summed E-state index contributed by atoms with van der Waals surface area (Å²) in [7, 11) is 0. The zero-order valence-corrected chi connectivity index (χ0v) is 17.6. The lowest BCUT2D eigenvalue weighted by Gasteiger charge is -2.07. The first-order chi connectivity index (χ1) is 13.6. The van der Waals surface area contributed by atoms with E-state index in [1.54, 1.807) is 30.0 Å². The fraction of sp³-hybridized carbons (Fsp3) is 0.105. The number of amides is 1. The van der Waals surface area contributed by atoms with E-state index >= 15 is 0 Å². The van der Waals surface area contributed by atoms with E-state index in [4.69, 9.17) is 27.9 Å². The Balaban J connectivity index is 1.43. The lowest BCUT2D eigenvalue weighted by molar-refractivity contribution is -0.118. The van der Waals surface area contributed by atoms with Gasteiger partial charge in [0.1, 0.15) is 5.75 Å². The molecule has 1 aromatic heterocycles. The van der Waals surface area contributed by atoms with Gasteiger partial charge in [-0.3, -0.25) is 10.1 Å². The zero-order valence-electron chi connectivity index (χ0n) is 14.5. The smallest absolute Gasteiger partial charge is 0.264 e. The second-order valence-electron chi connectivity index (χ2n) is 5.41. The van der Waals surface area contributed by atoms with E-state index in [9.17, 15) is 4.79 Å². The Morgan fingerprint density at radius 2 is 2.00 bits per heavy atom. The SMILES string of the molecule is O=C(COc1ccc(Cl)cc1Cl)Nc1nnc(SC/C=C/c2ccccc2)s1. The van der Waals surface area contributed by atoms with Crippen LogP contribution in [-0.4, -0.2) is 28.5 Å². The van der Waals surface area contributed by atoms with Gasteiger partial charge in [-0.1, -0.05) is 88.8 Å². The minimum Gasteiger partial charge on any atom is -0.482 e. The molecule has 0 bridgehead atoms. The summed E-state index contributed by atoms with van der Waals surface area (Å²) in [6, 6.07) is 14.9. The van der Waals surface area contributed by atoms with Crippen molar-refractivity contribution >= 4 is 63.4 Å². The molecule has 0 aliphatic carbocycles. The van der Waals surface area contributed by atoms with Crippen molar-refractivity contribution in [1.29, 1.82) is 0 Å². The molecule has 0 fully saturated rings. The van der Waals surface area contributed by atoms with Crippen molar-refractivity contribution < 1.29 is 9.53 Å². The van der Waals surface area contributed by atoms with Crippen LogP contribution < -0.4 is 10.1 Å². The number of hydrogen-bond acceptors (Lipinski definition) is 6. The van der Waals surface area contributed by atoms with Crippen LogP contribution in [0.4, 0.5) is 5.13 Å². The van der Waals surface area contributed by atoms with Gasteiger partial charge in [0.2, 0.25) is 5.13 Å². The highest BCUT2D eigenvalue weighted by Gasteiger charge is 2.10. The first kappa shape index (κ1) is 20.7. The molecular weight excluding hydrogens is 437 g/mol. The summed E-state index contributed by atoms with van der Waals surface area (Å²) >= 11 is 14.7. The number of hydrogen-bond donors (Lipinski definition) is 1. The fourth-order valence-electron chi connectivity index (χ4n) is 2.08. The lowest BCUT2D eigenvalue weighted by atomic mass is 10.2. The Morgan fingerprint density at radius 3 is 2.79 bits per heavy atom. The Morgan fingerprint density at radius 1 is 1.18 bits per heavy atom. The summed E-state index contributed by atoms with van der Waals surface area (Å²) in [5.74, 6) is 0.804. The molecule has 9 heteroatoms. The van der Waals surface area contributed by atoms with Crippen LogP contribution in [0.2, 0.25) is 10.0 Å². The number of nitrogens with one attached hydrogen (secondary N) is 1. The molecule has 2 aromatic carbocycles. The van der Waals surface area contributed by atoms with Crippen LogP contribution in [0.1, 0.15) is 5.56 Å². The van der Waals surface area contributed by atoms with Crippen LogP contribution >= 0.6 is 46.3 Å². The summed E-state index contributed by atoms with van der Waals surface area (Å²) in [6.45, 7) is -0.191. The van der Waals surface area contributed by atoms with Crippen molar-refractivity contribution in [1.82, 2.24) is 10.2 Å². The van der Waals surface area contributed by atoms with Crippen molar-refractivity contribution in [3.8, 4) is 5.75 Å². The Hall–Kier alpha value is -2.06. The quantitative estimate of drug-likeness (QED) is 0.353. The highest BCUT2D eigenvalue weighted by atomic mass is 35.5. The second kappa shape index (κ2) is 10.5. The van der Waals surface area contributed by atoms with E-state index < -0.39 is 0 Å². The first-order valence-corrected chi connectivity index (χ1v) is 10.7. The van der Waals surface area contributed by atoms with Crippen LogP contribution in [0, 0.1) is 0 Å². The minimum absolute atomic E-state index is 0.191. The lowest BCUT2D eigenvalue weighted by Crippen LogP contribution is -2.20. The first-order valence-electron chi connectivity index (χ1n) is 8.16. The van der Waals surface area contributed by atoms with E-state index in [-0.39, 0.29) is 12.5 Å². The second-order valence-corrected chi connectivity index (χ2v) is 8.50. The average Bonchev–Trinajstić information content (AvgIpc) is 3.12. The maximum Gasteiger partial charge on any atom is 0.264 e. The number of halogens is 2. The standard InChI is InChI=1S/C19H15Cl2N3O2S2/c20-14-8-9-16(15(21)11-14)26-12-17(25)22-18-23-24-19(28-18)27-10-4-7-13-5-2-1-3-6-13/h1-9,11H,10,12H2,(H,22,23,25)/b7-4+. The normalized spacial score (nSPS) is 10.9. The summed E-state index contributed by atoms with van der Waals surface area (Å²) in [4.78, 5) is 12.0. The maximum atomic E-state index is 12.0. The minimum atomic E-state index is -0.345. The van der Waals surface area contributed by atoms with E-state index in [0.29, 0.717) is 20.9 Å². The van der Waals surface area contributed by atoms with E-state index in [2.05, 4.69) is 27.7 Å². The number of thioether (sulfide) groups is 1. The van der Waals surface area contributed by atoms with E-state index in [0.717, 1.165) is 15.7 Å². The number of anilines is 1. The summed E-state index contributed by atoms with van der Waals surface area (Å²) < 4.78 is 6.17. The number of carbonyl (C=O) groups is 1. The molecule has 3 aromatic rings. The molecule has 28 heavy (non-hydrogen) atoms. The van der Waals surface area contributed by atoms with Crippen LogP contribution in [0.5, 0.6) is 5.75 Å². The maximum absolute atomic E-state index is 12.0. The number of ether oxygens (including phenoxy) is 1. The van der Waals surface area contributed by atoms with Gasteiger partial charge in [0, 0.05) is 10.8 Å². The van der Waals surface area contributed by atoms with Gasteiger partial charge >= 0.3 is 0 Å². The van der Waals surface area contributed by atoms with Gasteiger partial charge < -0.3 is 4.74 Å². The van der Waals surface area contributed by atoms with Gasteiger partial charge in [0.15, 0.2) is 10.9 Å². The van der Waals surface area contributed by atoms with Gasteiger partial charge in [-0.2, -0.15) is 0 Å². The molecule has 1 N–H and O–H groups in total. The molecule has 0 radical (unpaired) electrons. The fourth-order valence-corrected chi connectivity index (χ4v) is 4.14. The Kier molecular flexibility index (Phi) is 7.73. The molecule has 0 unspecified atom stereocenters. The van der Waals surface area contributed by atoms with Gasteiger partial charge in [-0.25, -0.2) is 0 Å². The molecule has 0 atom stereocenters. The molecule has 0 aliphatic rings. The van der Waals surface area contributed by atoms with Crippen molar-refractivity contribution in [2.24, 2.45) is 0 Å². The van der Waals surface area contributed by atoms with Crippen molar-refractivity contribution in [3.63, 3.8) is 0 Å². The van der Waals surface area contributed by atoms with Crippen LogP contribution in [0.15, 0.2) is 58.9 Å². The number of aromatic nitrogens is 2. The molecular formula is C19H15Cl2N3O2S2. The van der Waals surface area contributed by atoms with Gasteiger partial charge in [-0.05, 0) is 23.8 Å². The highest BCUT2D eigenvalue weighted by molar-refractivity contribution is 8.01. The van der Waals surface area contributed by atoms with E-state index in [1.807, 2.05) is 30.3 Å². The molecule has 1 heterocycles. The predicted molar refractivity (Wildman–Crippen MR) is 117 cm³/mol. The molecule has 0 saturated heterocycles. The third kappa shape index (κ3) is 6.53. The highest BCUT2D eigenvalue weighted by Crippen LogP contribution is 2.28. The topological polar surface area (TPSA) is 64.1 Å². The van der Waals surface area contributed by atoms with Crippen molar-refractivity contribution in [2.75, 3.05) is 17.7 Å². The zero-order chi connectivity index (χ0) is 19.8. The number of rotatable bonds is 8. The Bertz CT molecular complexity index is 965. The van der Waals surface area contributed by atoms with Crippen molar-refractivity contribution in [2.45, 2.75) is 4.34 Å². The number of carbonyl (C=O) groups excluding carboxylic acids is 1. The van der Waals surface area contributed by atoms with Crippen LogP contribution in [0.25, 0.3) is 6.08 Å². The van der Waals surface area contributed by atoms with Crippen LogP contribution in [0.3, 0.4) is 0 Å². The third-order valence-corrected chi connectivity index (χ3v) is 5.77. The van der Waals surface area contributed by atoms with Gasteiger partial charge in [0.05, 0.1) is 5.02 Å². The Labute approximate surface area is 180 Å². The van der Waals surface area contributed by atoms with Crippen molar-refractivity contribution in [3.05, 3.63) is 70.2 Å². The average molecular weight is 452 g/mol. The molecule has 0 saturated carbocycles. The third-order valence-electron chi connectivity index (χ3n) is 3.32. The van der Waals surface area contributed by atoms with Gasteiger partial charge in [0.25, 0.3) is 5.91 Å². The largest absolute Gasteiger partial charge is 0.482 e. The molecule has 0 aliphatic heterocycles. The molecule has 1 amide bonds. The molecule has 3 rings (SSSR count). The summed E-state index contributed by atoms with van der Waals surface area (Å²) in [5, 5.41) is 12.0. The monoisotopic (exact) mass is 451 g/mol. The van der Waals surface area contributed by atoms with E-state index in [1.165, 1.54) is 11.3 Å². The predicted octanol–water partition coefficient (Wildman–Crippen LogP) is 5.67. The molecule has 0 spiro atoms. The molecule has 5 nitrogen and oxygen atoms in total. The number of nitrogens with zero attached hydrogens (tertiary/aromatic N) is 2. The van der Waals surface area contributed by atoms with Crippen LogP contribution in [-0.2, 0) is 4.79 Å². The molecule has 144 valence electrons. The summed E-state index contributed by atoms with van der Waals surface area (Å²) in [5.41, 5.74) is 1.15. The number of benzene rings is 2. The summed E-state index contributed by atoms with van der Waals surface area (Å²) in [6.07, 6.45) is 4.11.